The zero-order valence-electron chi connectivity index (χ0n) is 9.13. The maximum absolute atomic E-state index is 3.68. The molecule has 0 aromatic rings. The minimum Gasteiger partial charge on any atom is -0.315 e. The predicted molar refractivity (Wildman–Crippen MR) is 64.9 cm³/mol. The summed E-state index contributed by atoms with van der Waals surface area (Å²) in [6.07, 6.45) is 10.3. The topological polar surface area (TPSA) is 12.0 Å². The van der Waals surface area contributed by atoms with Crippen molar-refractivity contribution in [1.82, 2.24) is 5.32 Å². The van der Waals surface area contributed by atoms with E-state index in [0.29, 0.717) is 0 Å². The second-order valence-electron chi connectivity index (χ2n) is 4.80. The summed E-state index contributed by atoms with van der Waals surface area (Å²) in [5.41, 5.74) is 0. The first kappa shape index (κ1) is 10.8. The molecule has 0 aromatic heterocycles. The lowest BCUT2D eigenvalue weighted by Gasteiger charge is -2.22. The molecular formula is C12H23NS. The standard InChI is InChI=1S/C12H23NS/c1-2-6-11(5-1)9-13-10-12-7-3-4-8-14-12/h11-13H,1-10H2. The van der Waals surface area contributed by atoms with Crippen molar-refractivity contribution in [2.24, 2.45) is 5.92 Å². The lowest BCUT2D eigenvalue weighted by molar-refractivity contribution is 0.481. The minimum atomic E-state index is 0.921. The van der Waals surface area contributed by atoms with Gasteiger partial charge in [0.1, 0.15) is 0 Å². The third-order valence-corrected chi connectivity index (χ3v) is 4.95. The van der Waals surface area contributed by atoms with Gasteiger partial charge in [0.15, 0.2) is 0 Å². The third-order valence-electron chi connectivity index (χ3n) is 3.55. The van der Waals surface area contributed by atoms with E-state index in [9.17, 15) is 0 Å². The number of hydrogen-bond donors (Lipinski definition) is 1. The minimum absolute atomic E-state index is 0.921. The fraction of sp³-hybridized carbons (Fsp3) is 1.00. The zero-order chi connectivity index (χ0) is 9.64. The molecule has 1 unspecified atom stereocenters. The van der Waals surface area contributed by atoms with Crippen molar-refractivity contribution in [3.8, 4) is 0 Å². The van der Waals surface area contributed by atoms with Crippen molar-refractivity contribution >= 4 is 11.8 Å². The molecule has 82 valence electrons. The molecule has 14 heavy (non-hydrogen) atoms. The third kappa shape index (κ3) is 3.47. The molecule has 2 aliphatic rings. The van der Waals surface area contributed by atoms with Crippen LogP contribution in [0.1, 0.15) is 44.9 Å². The summed E-state index contributed by atoms with van der Waals surface area (Å²) >= 11 is 2.18. The lowest BCUT2D eigenvalue weighted by atomic mass is 10.1. The van der Waals surface area contributed by atoms with Gasteiger partial charge in [0.25, 0.3) is 0 Å². The smallest absolute Gasteiger partial charge is 0.0172 e. The van der Waals surface area contributed by atoms with Crippen molar-refractivity contribution in [2.75, 3.05) is 18.8 Å². The molecule has 1 atom stereocenters. The van der Waals surface area contributed by atoms with Gasteiger partial charge in [0.2, 0.25) is 0 Å². The molecule has 0 bridgehead atoms. The number of nitrogens with one attached hydrogen (secondary N) is 1. The lowest BCUT2D eigenvalue weighted by Crippen LogP contribution is -2.30. The fourth-order valence-electron chi connectivity index (χ4n) is 2.63. The van der Waals surface area contributed by atoms with Crippen LogP contribution < -0.4 is 5.32 Å². The van der Waals surface area contributed by atoms with Crippen LogP contribution in [0.2, 0.25) is 0 Å². The van der Waals surface area contributed by atoms with Crippen LogP contribution >= 0.6 is 11.8 Å². The summed E-state index contributed by atoms with van der Waals surface area (Å²) in [4.78, 5) is 0. The first-order chi connectivity index (χ1) is 6.95. The second kappa shape index (κ2) is 6.02. The van der Waals surface area contributed by atoms with Crippen LogP contribution in [0.25, 0.3) is 0 Å². The average molecular weight is 213 g/mol. The molecule has 1 N–H and O–H groups in total. The Morgan fingerprint density at radius 2 is 1.71 bits per heavy atom. The molecule has 2 heteroatoms. The van der Waals surface area contributed by atoms with Crippen molar-refractivity contribution in [3.05, 3.63) is 0 Å². The van der Waals surface area contributed by atoms with Crippen molar-refractivity contribution in [1.29, 1.82) is 0 Å². The molecule has 1 heterocycles. The molecule has 1 aliphatic heterocycles. The van der Waals surface area contributed by atoms with E-state index in [1.165, 1.54) is 63.8 Å². The van der Waals surface area contributed by atoms with Gasteiger partial charge in [-0.1, -0.05) is 19.3 Å². The summed E-state index contributed by atoms with van der Waals surface area (Å²) in [5, 5.41) is 4.60. The number of thioether (sulfide) groups is 1. The van der Waals surface area contributed by atoms with Crippen LogP contribution in [-0.2, 0) is 0 Å². The number of hydrogen-bond acceptors (Lipinski definition) is 2. The molecular weight excluding hydrogens is 190 g/mol. The summed E-state index contributed by atoms with van der Waals surface area (Å²) < 4.78 is 0. The molecule has 1 aliphatic carbocycles. The van der Waals surface area contributed by atoms with E-state index in [2.05, 4.69) is 17.1 Å². The van der Waals surface area contributed by atoms with Gasteiger partial charge in [-0.15, -0.1) is 0 Å². The Balaban J connectivity index is 1.52. The van der Waals surface area contributed by atoms with E-state index in [4.69, 9.17) is 0 Å². The van der Waals surface area contributed by atoms with Gasteiger partial charge in [-0.3, -0.25) is 0 Å². The van der Waals surface area contributed by atoms with Crippen LogP contribution in [0.15, 0.2) is 0 Å². The largest absolute Gasteiger partial charge is 0.315 e. The molecule has 1 saturated heterocycles. The summed E-state index contributed by atoms with van der Waals surface area (Å²) in [7, 11) is 0. The van der Waals surface area contributed by atoms with Crippen molar-refractivity contribution < 1.29 is 0 Å². The summed E-state index contributed by atoms with van der Waals surface area (Å²) in [5.74, 6) is 2.40. The maximum atomic E-state index is 3.68. The van der Waals surface area contributed by atoms with E-state index in [-0.39, 0.29) is 0 Å². The second-order valence-corrected chi connectivity index (χ2v) is 6.21. The highest BCUT2D eigenvalue weighted by atomic mass is 32.2. The summed E-state index contributed by atoms with van der Waals surface area (Å²) in [6, 6.07) is 0. The van der Waals surface area contributed by atoms with Gasteiger partial charge in [-0.05, 0) is 43.9 Å². The first-order valence-electron chi connectivity index (χ1n) is 6.27. The Kier molecular flexibility index (Phi) is 4.65. The van der Waals surface area contributed by atoms with Gasteiger partial charge in [0, 0.05) is 11.8 Å². The van der Waals surface area contributed by atoms with Gasteiger partial charge < -0.3 is 5.32 Å². The maximum Gasteiger partial charge on any atom is 0.0172 e. The zero-order valence-corrected chi connectivity index (χ0v) is 9.95. The normalized spacial score (nSPS) is 29.6. The van der Waals surface area contributed by atoms with E-state index in [1.807, 2.05) is 0 Å². The van der Waals surface area contributed by atoms with Gasteiger partial charge in [0.05, 0.1) is 0 Å². The molecule has 0 radical (unpaired) electrons. The van der Waals surface area contributed by atoms with Crippen LogP contribution in [0.5, 0.6) is 0 Å². The quantitative estimate of drug-likeness (QED) is 0.770. The molecule has 0 amide bonds. The van der Waals surface area contributed by atoms with Gasteiger partial charge >= 0.3 is 0 Å². The van der Waals surface area contributed by atoms with E-state index >= 15 is 0 Å². The average Bonchev–Trinajstić information content (AvgIpc) is 2.72. The summed E-state index contributed by atoms with van der Waals surface area (Å²) in [6.45, 7) is 2.55. The molecule has 1 nitrogen and oxygen atoms in total. The monoisotopic (exact) mass is 213 g/mol. The molecule has 0 aromatic carbocycles. The van der Waals surface area contributed by atoms with Crippen LogP contribution in [-0.4, -0.2) is 24.1 Å². The Bertz CT molecular complexity index is 148. The van der Waals surface area contributed by atoms with Crippen molar-refractivity contribution in [3.63, 3.8) is 0 Å². The Morgan fingerprint density at radius 3 is 2.43 bits per heavy atom. The first-order valence-corrected chi connectivity index (χ1v) is 7.32. The Labute approximate surface area is 92.4 Å². The van der Waals surface area contributed by atoms with E-state index in [0.717, 1.165) is 11.2 Å². The molecule has 2 fully saturated rings. The number of rotatable bonds is 4. The van der Waals surface area contributed by atoms with Gasteiger partial charge in [-0.25, -0.2) is 0 Å². The molecule has 1 saturated carbocycles. The fourth-order valence-corrected chi connectivity index (χ4v) is 3.90. The van der Waals surface area contributed by atoms with E-state index in [1.54, 1.807) is 0 Å². The SMILES string of the molecule is C1CCC(CNCC2CCCC2)SC1. The molecule has 0 spiro atoms. The van der Waals surface area contributed by atoms with Crippen molar-refractivity contribution in [2.45, 2.75) is 50.2 Å². The van der Waals surface area contributed by atoms with E-state index < -0.39 is 0 Å². The Morgan fingerprint density at radius 1 is 0.929 bits per heavy atom. The Hall–Kier alpha value is 0.310. The van der Waals surface area contributed by atoms with Crippen LogP contribution in [0.3, 0.4) is 0 Å². The predicted octanol–water partition coefficient (Wildman–Crippen LogP) is 3.05. The van der Waals surface area contributed by atoms with Gasteiger partial charge in [-0.2, -0.15) is 11.8 Å². The highest BCUT2D eigenvalue weighted by Crippen LogP contribution is 2.26. The van der Waals surface area contributed by atoms with Crippen LogP contribution in [0.4, 0.5) is 0 Å². The highest BCUT2D eigenvalue weighted by Gasteiger charge is 2.16. The highest BCUT2D eigenvalue weighted by molar-refractivity contribution is 7.99. The molecule has 2 rings (SSSR count). The van der Waals surface area contributed by atoms with Crippen LogP contribution in [0, 0.1) is 5.92 Å².